The molecule has 4 heterocycles. The largest absolute Gasteiger partial charge is 0.341 e. The fourth-order valence-corrected chi connectivity index (χ4v) is 4.34. The van der Waals surface area contributed by atoms with E-state index in [9.17, 15) is 9.18 Å². The normalized spacial score (nSPS) is 17.7. The molecule has 0 bridgehead atoms. The molecule has 1 fully saturated rings. The van der Waals surface area contributed by atoms with Gasteiger partial charge in [-0.1, -0.05) is 11.6 Å². The van der Waals surface area contributed by atoms with Crippen molar-refractivity contribution in [2.45, 2.75) is 12.5 Å². The minimum absolute atomic E-state index is 0.205. The number of aromatic nitrogens is 5. The molecule has 0 spiro atoms. The van der Waals surface area contributed by atoms with Crippen molar-refractivity contribution in [3.63, 3.8) is 0 Å². The highest BCUT2D eigenvalue weighted by molar-refractivity contribution is 6.32. The summed E-state index contributed by atoms with van der Waals surface area (Å²) in [5.41, 5.74) is 1.23. The molecule has 1 aromatic carbocycles. The third kappa shape index (κ3) is 4.38. The van der Waals surface area contributed by atoms with Crippen molar-refractivity contribution < 1.29 is 9.18 Å². The van der Waals surface area contributed by atoms with E-state index in [4.69, 9.17) is 16.9 Å². The minimum Gasteiger partial charge on any atom is -0.337 e. The van der Waals surface area contributed by atoms with E-state index in [0.29, 0.717) is 60.7 Å². The molecular formula is C22H20ClFN10O. The van der Waals surface area contributed by atoms with Crippen LogP contribution in [0.2, 0.25) is 5.02 Å². The number of carbonyl (C=O) groups is 1. The first-order valence-corrected chi connectivity index (χ1v) is 11.3. The summed E-state index contributed by atoms with van der Waals surface area (Å²) in [5.74, 6) is 0.498. The molecule has 1 saturated heterocycles. The third-order valence-corrected chi connectivity index (χ3v) is 6.22. The predicted molar refractivity (Wildman–Crippen MR) is 125 cm³/mol. The van der Waals surface area contributed by atoms with Crippen LogP contribution < -0.4 is 4.90 Å². The zero-order valence-corrected chi connectivity index (χ0v) is 19.5. The van der Waals surface area contributed by atoms with E-state index in [1.807, 2.05) is 11.0 Å². The van der Waals surface area contributed by atoms with Gasteiger partial charge in [0.2, 0.25) is 5.95 Å². The van der Waals surface area contributed by atoms with Crippen molar-refractivity contribution in [3.8, 4) is 17.6 Å². The molecule has 13 heteroatoms. The van der Waals surface area contributed by atoms with E-state index >= 15 is 0 Å². The molecule has 2 aliphatic heterocycles. The van der Waals surface area contributed by atoms with Crippen molar-refractivity contribution in [2.24, 2.45) is 12.1 Å². The molecular weight excluding hydrogens is 475 g/mol. The van der Waals surface area contributed by atoms with Gasteiger partial charge in [0.15, 0.2) is 5.82 Å². The molecule has 1 unspecified atom stereocenters. The average molecular weight is 495 g/mol. The van der Waals surface area contributed by atoms with Gasteiger partial charge in [-0.2, -0.15) is 15.5 Å². The van der Waals surface area contributed by atoms with Crippen LogP contribution in [0.3, 0.4) is 0 Å². The van der Waals surface area contributed by atoms with Crippen LogP contribution in [0.5, 0.6) is 0 Å². The van der Waals surface area contributed by atoms with Crippen molar-refractivity contribution >= 4 is 29.8 Å². The smallest absolute Gasteiger partial charge is 0.337 e. The Morgan fingerprint density at radius 2 is 2.00 bits per heavy atom. The summed E-state index contributed by atoms with van der Waals surface area (Å²) in [4.78, 5) is 30.1. The lowest BCUT2D eigenvalue weighted by Crippen LogP contribution is -2.52. The number of hydrazone groups is 1. The lowest BCUT2D eigenvalue weighted by atomic mass is 10.0. The quantitative estimate of drug-likeness (QED) is 0.549. The standard InChI is InChI=1S/C22H20ClFN10O/c1-31-20(27-13-29-31)19-17(23)12-26-21(30-19)32-4-6-33(7-5-32)22(35)34-18(2-3-28-34)15-8-14(11-25)9-16(24)10-15/h3,8-10,12-13,18H,2,4-7H2,1H3. The van der Waals surface area contributed by atoms with Gasteiger partial charge in [0.25, 0.3) is 0 Å². The highest BCUT2D eigenvalue weighted by atomic mass is 35.5. The number of piperazine rings is 1. The van der Waals surface area contributed by atoms with Gasteiger partial charge in [0, 0.05) is 45.9 Å². The van der Waals surface area contributed by atoms with E-state index in [1.165, 1.54) is 29.7 Å². The van der Waals surface area contributed by atoms with E-state index < -0.39 is 11.9 Å². The van der Waals surface area contributed by atoms with Crippen LogP contribution in [0.15, 0.2) is 35.8 Å². The molecule has 5 rings (SSSR count). The van der Waals surface area contributed by atoms with E-state index in [1.54, 1.807) is 28.9 Å². The summed E-state index contributed by atoms with van der Waals surface area (Å²) < 4.78 is 15.6. The Kier molecular flexibility index (Phi) is 6.00. The van der Waals surface area contributed by atoms with Gasteiger partial charge in [0.05, 0.1) is 28.9 Å². The molecule has 0 radical (unpaired) electrons. The number of anilines is 1. The molecule has 2 amide bonds. The lowest BCUT2D eigenvalue weighted by molar-refractivity contribution is 0.139. The number of hydrogen-bond acceptors (Lipinski definition) is 8. The lowest BCUT2D eigenvalue weighted by Gasteiger charge is -2.37. The van der Waals surface area contributed by atoms with Crippen LogP contribution in [0.4, 0.5) is 15.1 Å². The zero-order chi connectivity index (χ0) is 24.5. The number of aryl methyl sites for hydroxylation is 1. The Morgan fingerprint density at radius 3 is 2.71 bits per heavy atom. The number of nitriles is 1. The average Bonchev–Trinajstić information content (AvgIpc) is 3.53. The highest BCUT2D eigenvalue weighted by Crippen LogP contribution is 2.31. The van der Waals surface area contributed by atoms with Crippen molar-refractivity contribution in [1.29, 1.82) is 5.26 Å². The van der Waals surface area contributed by atoms with Crippen LogP contribution in [0, 0.1) is 17.1 Å². The maximum Gasteiger partial charge on any atom is 0.341 e. The minimum atomic E-state index is -0.518. The van der Waals surface area contributed by atoms with E-state index in [2.05, 4.69) is 25.2 Å². The predicted octanol–water partition coefficient (Wildman–Crippen LogP) is 2.61. The number of carbonyl (C=O) groups excluding carboxylic acids is 1. The van der Waals surface area contributed by atoms with Gasteiger partial charge in [-0.15, -0.1) is 0 Å². The number of benzene rings is 1. The zero-order valence-electron chi connectivity index (χ0n) is 18.7. The molecule has 1 atom stereocenters. The Labute approximate surface area is 205 Å². The number of urea groups is 1. The van der Waals surface area contributed by atoms with Gasteiger partial charge in [-0.25, -0.2) is 33.8 Å². The fraction of sp³-hybridized carbons (Fsp3) is 0.318. The second-order valence-electron chi connectivity index (χ2n) is 8.11. The first kappa shape index (κ1) is 22.7. The summed E-state index contributed by atoms with van der Waals surface area (Å²) in [6.45, 7) is 1.86. The highest BCUT2D eigenvalue weighted by Gasteiger charge is 2.34. The molecule has 0 aliphatic carbocycles. The summed E-state index contributed by atoms with van der Waals surface area (Å²) >= 11 is 6.29. The van der Waals surface area contributed by atoms with Crippen LogP contribution in [0.1, 0.15) is 23.6 Å². The number of halogens is 2. The fourth-order valence-electron chi connectivity index (χ4n) is 4.16. The molecule has 178 valence electrons. The van der Waals surface area contributed by atoms with Gasteiger partial charge in [-0.05, 0) is 23.8 Å². The number of amides is 2. The third-order valence-electron chi connectivity index (χ3n) is 5.95. The molecule has 2 aromatic heterocycles. The summed E-state index contributed by atoms with van der Waals surface area (Å²) in [7, 11) is 1.75. The molecule has 0 saturated carbocycles. The maximum atomic E-state index is 14.0. The number of nitrogens with zero attached hydrogens (tertiary/aromatic N) is 10. The van der Waals surface area contributed by atoms with Gasteiger partial charge in [-0.3, -0.25) is 0 Å². The first-order chi connectivity index (χ1) is 16.9. The monoisotopic (exact) mass is 494 g/mol. The molecule has 11 nitrogen and oxygen atoms in total. The summed E-state index contributed by atoms with van der Waals surface area (Å²) in [6.07, 6.45) is 5.04. The molecule has 0 N–H and O–H groups in total. The second-order valence-corrected chi connectivity index (χ2v) is 8.52. The maximum absolute atomic E-state index is 14.0. The number of hydrogen-bond donors (Lipinski definition) is 0. The van der Waals surface area contributed by atoms with E-state index in [-0.39, 0.29) is 11.6 Å². The Morgan fingerprint density at radius 1 is 1.20 bits per heavy atom. The second kappa shape index (κ2) is 9.27. The Bertz CT molecular complexity index is 1340. The van der Waals surface area contributed by atoms with Crippen LogP contribution in [0.25, 0.3) is 11.5 Å². The van der Waals surface area contributed by atoms with E-state index in [0.717, 1.165) is 0 Å². The van der Waals surface area contributed by atoms with Crippen molar-refractivity contribution in [2.75, 3.05) is 31.1 Å². The van der Waals surface area contributed by atoms with Gasteiger partial charge in [0.1, 0.15) is 17.8 Å². The van der Waals surface area contributed by atoms with Crippen LogP contribution in [-0.4, -0.2) is 73.1 Å². The first-order valence-electron chi connectivity index (χ1n) is 10.9. The van der Waals surface area contributed by atoms with Crippen LogP contribution >= 0.6 is 11.6 Å². The van der Waals surface area contributed by atoms with Crippen molar-refractivity contribution in [3.05, 3.63) is 52.7 Å². The van der Waals surface area contributed by atoms with Gasteiger partial charge >= 0.3 is 6.03 Å². The summed E-state index contributed by atoms with van der Waals surface area (Å²) in [6, 6.07) is 5.31. The van der Waals surface area contributed by atoms with Crippen LogP contribution in [-0.2, 0) is 7.05 Å². The Hall–Kier alpha value is -4.11. The summed E-state index contributed by atoms with van der Waals surface area (Å²) in [5, 5.41) is 19.2. The molecule has 35 heavy (non-hydrogen) atoms. The topological polar surface area (TPSA) is 119 Å². The Balaban J connectivity index is 1.28. The van der Waals surface area contributed by atoms with Gasteiger partial charge < -0.3 is 9.80 Å². The van der Waals surface area contributed by atoms with Crippen molar-refractivity contribution in [1.82, 2.24) is 34.6 Å². The molecule has 3 aromatic rings. The number of rotatable bonds is 3. The molecule has 2 aliphatic rings. The SMILES string of the molecule is Cn1ncnc1-c1nc(N2CCN(C(=O)N3N=CCC3c3cc(F)cc(C#N)c3)CC2)ncc1Cl.